The first-order valence-corrected chi connectivity index (χ1v) is 4.95. The van der Waals surface area contributed by atoms with E-state index in [9.17, 15) is 0 Å². The first kappa shape index (κ1) is 9.40. The second-order valence-electron chi connectivity index (χ2n) is 3.86. The fraction of sp³-hybridized carbons (Fsp3) is 0.600. The number of hydrogen-bond acceptors (Lipinski definition) is 4. The van der Waals surface area contributed by atoms with Crippen molar-refractivity contribution < 1.29 is 4.74 Å². The largest absolute Gasteiger partial charge is 0.460 e. The molecule has 0 saturated heterocycles. The van der Waals surface area contributed by atoms with Crippen molar-refractivity contribution >= 4 is 0 Å². The molecule has 0 aliphatic heterocycles. The lowest BCUT2D eigenvalue weighted by atomic mass is 10.3. The lowest BCUT2D eigenvalue weighted by Gasteiger charge is -2.10. The van der Waals surface area contributed by atoms with Crippen LogP contribution < -0.4 is 10.5 Å². The SMILES string of the molecule is Cc1cnc(OC2CCC(N)C2)nc1. The average Bonchev–Trinajstić information content (AvgIpc) is 2.56. The van der Waals surface area contributed by atoms with E-state index in [1.807, 2.05) is 6.92 Å². The Hall–Kier alpha value is -1.16. The molecule has 0 aromatic carbocycles. The Morgan fingerprint density at radius 2 is 2.07 bits per heavy atom. The van der Waals surface area contributed by atoms with Gasteiger partial charge in [0.2, 0.25) is 0 Å². The fourth-order valence-electron chi connectivity index (χ4n) is 1.67. The molecule has 1 saturated carbocycles. The van der Waals surface area contributed by atoms with Crippen LogP contribution >= 0.6 is 0 Å². The van der Waals surface area contributed by atoms with E-state index in [0.29, 0.717) is 6.01 Å². The van der Waals surface area contributed by atoms with Gasteiger partial charge < -0.3 is 10.5 Å². The molecule has 1 fully saturated rings. The first-order valence-electron chi connectivity index (χ1n) is 4.95. The van der Waals surface area contributed by atoms with E-state index in [1.54, 1.807) is 12.4 Å². The molecule has 1 aliphatic rings. The Morgan fingerprint density at radius 3 is 2.64 bits per heavy atom. The summed E-state index contributed by atoms with van der Waals surface area (Å²) < 4.78 is 5.60. The summed E-state index contributed by atoms with van der Waals surface area (Å²) in [5, 5.41) is 0. The topological polar surface area (TPSA) is 61.0 Å². The van der Waals surface area contributed by atoms with Gasteiger partial charge in [0, 0.05) is 18.4 Å². The van der Waals surface area contributed by atoms with E-state index in [4.69, 9.17) is 10.5 Å². The number of nitrogens with two attached hydrogens (primary N) is 1. The number of nitrogens with zero attached hydrogens (tertiary/aromatic N) is 2. The van der Waals surface area contributed by atoms with Crippen molar-refractivity contribution in [3.63, 3.8) is 0 Å². The van der Waals surface area contributed by atoms with Gasteiger partial charge in [-0.25, -0.2) is 9.97 Å². The predicted octanol–water partition coefficient (Wildman–Crippen LogP) is 1.04. The highest BCUT2D eigenvalue weighted by atomic mass is 16.5. The normalized spacial score (nSPS) is 26.4. The van der Waals surface area contributed by atoms with E-state index in [0.717, 1.165) is 24.8 Å². The number of aryl methyl sites for hydroxylation is 1. The average molecular weight is 193 g/mol. The van der Waals surface area contributed by atoms with Crippen LogP contribution in [0.1, 0.15) is 24.8 Å². The van der Waals surface area contributed by atoms with E-state index in [2.05, 4.69) is 9.97 Å². The second kappa shape index (κ2) is 3.92. The number of hydrogen-bond donors (Lipinski definition) is 1. The smallest absolute Gasteiger partial charge is 0.316 e. The molecule has 0 radical (unpaired) electrons. The van der Waals surface area contributed by atoms with E-state index >= 15 is 0 Å². The van der Waals surface area contributed by atoms with Gasteiger partial charge in [-0.05, 0) is 31.7 Å². The van der Waals surface area contributed by atoms with Crippen LogP contribution in [0.4, 0.5) is 0 Å². The molecule has 0 amide bonds. The molecule has 4 heteroatoms. The van der Waals surface area contributed by atoms with Crippen LogP contribution in [0.2, 0.25) is 0 Å². The van der Waals surface area contributed by atoms with Gasteiger partial charge >= 0.3 is 6.01 Å². The number of rotatable bonds is 2. The molecule has 1 aromatic heterocycles. The first-order chi connectivity index (χ1) is 6.74. The molecule has 2 unspecified atom stereocenters. The van der Waals surface area contributed by atoms with E-state index < -0.39 is 0 Å². The summed E-state index contributed by atoms with van der Waals surface area (Å²) in [6.45, 7) is 1.95. The summed E-state index contributed by atoms with van der Waals surface area (Å²) in [4.78, 5) is 8.19. The van der Waals surface area contributed by atoms with Crippen LogP contribution in [0.25, 0.3) is 0 Å². The standard InChI is InChI=1S/C10H15N3O/c1-7-5-12-10(13-6-7)14-9-3-2-8(11)4-9/h5-6,8-9H,2-4,11H2,1H3. The van der Waals surface area contributed by atoms with Crippen molar-refractivity contribution in [2.75, 3.05) is 0 Å². The van der Waals surface area contributed by atoms with Gasteiger partial charge in [0.05, 0.1) is 0 Å². The van der Waals surface area contributed by atoms with Crippen LogP contribution in [0.5, 0.6) is 6.01 Å². The third kappa shape index (κ3) is 2.20. The summed E-state index contributed by atoms with van der Waals surface area (Å²) in [5.41, 5.74) is 6.82. The third-order valence-corrected chi connectivity index (χ3v) is 2.45. The zero-order chi connectivity index (χ0) is 9.97. The maximum absolute atomic E-state index is 5.78. The molecule has 14 heavy (non-hydrogen) atoms. The molecule has 4 nitrogen and oxygen atoms in total. The maximum Gasteiger partial charge on any atom is 0.316 e. The minimum absolute atomic E-state index is 0.202. The summed E-state index contributed by atoms with van der Waals surface area (Å²) >= 11 is 0. The highest BCUT2D eigenvalue weighted by Crippen LogP contribution is 2.21. The molecule has 2 atom stereocenters. The molecule has 0 bridgehead atoms. The Labute approximate surface area is 83.5 Å². The molecule has 1 aromatic rings. The molecule has 2 N–H and O–H groups in total. The van der Waals surface area contributed by atoms with Crippen LogP contribution in [0.3, 0.4) is 0 Å². The molecule has 0 spiro atoms. The third-order valence-electron chi connectivity index (χ3n) is 2.45. The fourth-order valence-corrected chi connectivity index (χ4v) is 1.67. The second-order valence-corrected chi connectivity index (χ2v) is 3.86. The van der Waals surface area contributed by atoms with Gasteiger partial charge in [-0.15, -0.1) is 0 Å². The quantitative estimate of drug-likeness (QED) is 0.762. The van der Waals surface area contributed by atoms with E-state index in [1.165, 1.54) is 0 Å². The van der Waals surface area contributed by atoms with Gasteiger partial charge in [-0.1, -0.05) is 0 Å². The van der Waals surface area contributed by atoms with Gasteiger partial charge in [0.1, 0.15) is 6.10 Å². The van der Waals surface area contributed by atoms with Crippen molar-refractivity contribution in [1.29, 1.82) is 0 Å². The summed E-state index contributed by atoms with van der Waals surface area (Å²) in [7, 11) is 0. The minimum Gasteiger partial charge on any atom is -0.460 e. The van der Waals surface area contributed by atoms with Crippen molar-refractivity contribution in [3.8, 4) is 6.01 Å². The summed E-state index contributed by atoms with van der Waals surface area (Å²) in [6.07, 6.45) is 6.69. The zero-order valence-corrected chi connectivity index (χ0v) is 8.31. The molecule has 1 heterocycles. The summed E-state index contributed by atoms with van der Waals surface area (Å²) in [6, 6.07) is 0.750. The Morgan fingerprint density at radius 1 is 1.36 bits per heavy atom. The monoisotopic (exact) mass is 193 g/mol. The van der Waals surface area contributed by atoms with Crippen LogP contribution in [-0.2, 0) is 0 Å². The molecular formula is C10H15N3O. The maximum atomic E-state index is 5.78. The highest BCUT2D eigenvalue weighted by Gasteiger charge is 2.23. The Bertz CT molecular complexity index is 299. The van der Waals surface area contributed by atoms with Crippen LogP contribution in [0.15, 0.2) is 12.4 Å². The minimum atomic E-state index is 0.202. The lowest BCUT2D eigenvalue weighted by Crippen LogP contribution is -2.19. The lowest BCUT2D eigenvalue weighted by molar-refractivity contribution is 0.190. The summed E-state index contributed by atoms with van der Waals surface area (Å²) in [5.74, 6) is 0. The predicted molar refractivity (Wildman–Crippen MR) is 53.0 cm³/mol. The molecule has 76 valence electrons. The van der Waals surface area contributed by atoms with E-state index in [-0.39, 0.29) is 12.1 Å². The number of ether oxygens (including phenoxy) is 1. The van der Waals surface area contributed by atoms with Gasteiger partial charge in [0.15, 0.2) is 0 Å². The highest BCUT2D eigenvalue weighted by molar-refractivity contribution is 5.05. The Balaban J connectivity index is 1.94. The van der Waals surface area contributed by atoms with Crippen molar-refractivity contribution in [3.05, 3.63) is 18.0 Å². The van der Waals surface area contributed by atoms with Crippen molar-refractivity contribution in [2.24, 2.45) is 5.73 Å². The molecule has 1 aliphatic carbocycles. The Kier molecular flexibility index (Phi) is 2.63. The van der Waals surface area contributed by atoms with Gasteiger partial charge in [-0.2, -0.15) is 0 Å². The van der Waals surface area contributed by atoms with Crippen molar-refractivity contribution in [2.45, 2.75) is 38.3 Å². The number of aromatic nitrogens is 2. The molecule has 2 rings (SSSR count). The van der Waals surface area contributed by atoms with Crippen LogP contribution in [0, 0.1) is 6.92 Å². The van der Waals surface area contributed by atoms with Crippen molar-refractivity contribution in [1.82, 2.24) is 9.97 Å². The van der Waals surface area contributed by atoms with Crippen LogP contribution in [-0.4, -0.2) is 22.1 Å². The molecular weight excluding hydrogens is 178 g/mol. The van der Waals surface area contributed by atoms with Gasteiger partial charge in [0.25, 0.3) is 0 Å². The zero-order valence-electron chi connectivity index (χ0n) is 8.31. The van der Waals surface area contributed by atoms with Gasteiger partial charge in [-0.3, -0.25) is 0 Å².